The first kappa shape index (κ1) is 86.4. The van der Waals surface area contributed by atoms with E-state index in [0.717, 1.165) is 19.3 Å². The summed E-state index contributed by atoms with van der Waals surface area (Å²) in [7, 11) is 8.66. The zero-order chi connectivity index (χ0) is 81.5. The zero-order valence-corrected chi connectivity index (χ0v) is 74.7. The quantitative estimate of drug-likeness (QED) is 0.0676. The van der Waals surface area contributed by atoms with Crippen molar-refractivity contribution in [1.29, 1.82) is 0 Å². The predicted molar refractivity (Wildman–Crippen MR) is 483 cm³/mol. The van der Waals surface area contributed by atoms with Crippen LogP contribution >= 0.6 is 0 Å². The van der Waals surface area contributed by atoms with Crippen LogP contribution in [-0.2, 0) is 47.5 Å². The lowest BCUT2D eigenvalue weighted by Gasteiger charge is -2.25. The summed E-state index contributed by atoms with van der Waals surface area (Å²) in [4.78, 5) is 0. The fourth-order valence-electron chi connectivity index (χ4n) is 19.2. The Bertz CT molecular complexity index is 5190. The summed E-state index contributed by atoms with van der Waals surface area (Å²) >= 11 is 0. The van der Waals surface area contributed by atoms with Gasteiger partial charge in [0.05, 0.1) is 32.7 Å². The average Bonchev–Trinajstić information content (AvgIpc) is 0.783. The summed E-state index contributed by atoms with van der Waals surface area (Å²) in [5.41, 5.74) is 30.4. The number of aromatic nitrogens is 4. The second-order valence-corrected chi connectivity index (χ2v) is 36.2. The van der Waals surface area contributed by atoms with E-state index in [-0.39, 0.29) is 0 Å². The third-order valence-corrected chi connectivity index (χ3v) is 24.8. The minimum Gasteiger partial charge on any atom is -0.200 e. The van der Waals surface area contributed by atoms with Crippen LogP contribution in [0, 0.1) is 88.9 Å². The molecule has 0 N–H and O–H groups in total. The summed E-state index contributed by atoms with van der Waals surface area (Å²) in [5, 5.41) is 10.7. The molecule has 111 heavy (non-hydrogen) atoms. The van der Waals surface area contributed by atoms with Crippen molar-refractivity contribution in [1.82, 2.24) is 0 Å². The van der Waals surface area contributed by atoms with Crippen LogP contribution in [0.15, 0.2) is 183 Å². The van der Waals surface area contributed by atoms with Gasteiger partial charge in [0.15, 0.2) is 24.8 Å². The lowest BCUT2D eigenvalue weighted by atomic mass is 9.79. The second kappa shape index (κ2) is 37.4. The number of pyridine rings is 4. The molecule has 0 aliphatic carbocycles. The maximum Gasteiger partial charge on any atom is 0.220 e. The van der Waals surface area contributed by atoms with Gasteiger partial charge in [-0.3, -0.25) is 0 Å². The Hall–Kier alpha value is -8.60. The fourth-order valence-corrected chi connectivity index (χ4v) is 19.2. The van der Waals surface area contributed by atoms with Crippen LogP contribution in [0.1, 0.15) is 253 Å². The largest absolute Gasteiger partial charge is 0.220 e. The molecule has 8 aromatic carbocycles. The van der Waals surface area contributed by atoms with Crippen LogP contribution in [0.3, 0.4) is 0 Å². The standard InChI is InChI=1S/C28H38N.C27H36N.2C26H34N/c1-9-21-15-22(10-2)20(7)26(16-21)28-25-12-11-24(27(18(3)4)19(5)6)17-23(25)13-14-29(28)8;1-17(2)21-10-9-20(7)25(16-21)27-24-12-11-23(26(18(3)4)19(5)6)15-22(24)13-14-28(27)8;1-16(2)25(17(3)4)22-9-10-23-21(15-22)11-12-27(8)26(23)24-14-18(5)13-19(6)20(24)7;1-8-20-10-9-19(6)24(15-20)26-23-12-11-22(25(17(2)3)18(4)5)16-21(23)13-14-27(26)7/h11-19,27H,9-10H2,1-8H3;9-19,26H,1-8H3;9-17,25H,1-8H3;9-18,25H,8H2,1-7H3/q4*+1. The topological polar surface area (TPSA) is 15.5 Å². The lowest BCUT2D eigenvalue weighted by molar-refractivity contribution is -0.659. The number of hydrogen-bond donors (Lipinski definition) is 0. The highest BCUT2D eigenvalue weighted by Gasteiger charge is 2.29. The third-order valence-electron chi connectivity index (χ3n) is 24.8. The molecule has 12 rings (SSSR count). The normalized spacial score (nSPS) is 12.0. The van der Waals surface area contributed by atoms with E-state index >= 15 is 0 Å². The molecule has 4 nitrogen and oxygen atoms in total. The Morgan fingerprint density at radius 2 is 0.550 bits per heavy atom. The van der Waals surface area contributed by atoms with E-state index in [0.29, 0.717) is 76.9 Å². The summed E-state index contributed by atoms with van der Waals surface area (Å²) < 4.78 is 9.11. The number of hydrogen-bond acceptors (Lipinski definition) is 0. The average molecular weight is 1480 g/mol. The van der Waals surface area contributed by atoms with Crippen LogP contribution in [-0.4, -0.2) is 0 Å². The smallest absolute Gasteiger partial charge is 0.200 e. The van der Waals surface area contributed by atoms with E-state index in [9.17, 15) is 0 Å². The highest BCUT2D eigenvalue weighted by atomic mass is 14.9. The van der Waals surface area contributed by atoms with E-state index < -0.39 is 0 Å². The first-order chi connectivity index (χ1) is 52.5. The van der Waals surface area contributed by atoms with Crippen molar-refractivity contribution in [3.63, 3.8) is 0 Å². The maximum absolute atomic E-state index is 2.43. The van der Waals surface area contributed by atoms with Crippen LogP contribution < -0.4 is 18.3 Å². The van der Waals surface area contributed by atoms with Crippen molar-refractivity contribution in [2.45, 2.75) is 236 Å². The molecular formula is C107H142N4+4. The molecule has 586 valence electrons. The summed E-state index contributed by atoms with van der Waals surface area (Å²) in [6.07, 6.45) is 12.1. The number of rotatable bonds is 20. The van der Waals surface area contributed by atoms with Gasteiger partial charge in [-0.05, 0) is 280 Å². The molecule has 0 aliphatic heterocycles. The molecule has 4 heteroatoms. The molecule has 0 unspecified atom stereocenters. The van der Waals surface area contributed by atoms with Gasteiger partial charge in [-0.1, -0.05) is 236 Å². The van der Waals surface area contributed by atoms with Crippen molar-refractivity contribution >= 4 is 43.1 Å². The highest BCUT2D eigenvalue weighted by Crippen LogP contribution is 2.42. The van der Waals surface area contributed by atoms with Gasteiger partial charge >= 0.3 is 0 Å². The second-order valence-electron chi connectivity index (χ2n) is 36.2. The predicted octanol–water partition coefficient (Wildman–Crippen LogP) is 27.6. The Labute approximate surface area is 673 Å². The zero-order valence-electron chi connectivity index (χ0n) is 74.7. The molecule has 0 spiro atoms. The van der Waals surface area contributed by atoms with Crippen molar-refractivity contribution in [3.05, 3.63) is 260 Å². The van der Waals surface area contributed by atoms with Gasteiger partial charge in [0.2, 0.25) is 22.8 Å². The number of benzene rings is 8. The molecule has 0 saturated carbocycles. The molecule has 0 bridgehead atoms. The van der Waals surface area contributed by atoms with Crippen molar-refractivity contribution < 1.29 is 18.3 Å². The summed E-state index contributed by atoms with van der Waals surface area (Å²) in [5.74, 6) is 8.03. The van der Waals surface area contributed by atoms with Crippen LogP contribution in [0.25, 0.3) is 88.1 Å². The first-order valence-electron chi connectivity index (χ1n) is 42.6. The third kappa shape index (κ3) is 19.4. The Morgan fingerprint density at radius 1 is 0.252 bits per heavy atom. The van der Waals surface area contributed by atoms with Gasteiger partial charge in [0.25, 0.3) is 0 Å². The van der Waals surface area contributed by atoms with Gasteiger partial charge in [-0.25, -0.2) is 18.3 Å². The Morgan fingerprint density at radius 3 is 0.865 bits per heavy atom. The van der Waals surface area contributed by atoms with E-state index in [1.165, 1.54) is 166 Å². The van der Waals surface area contributed by atoms with Gasteiger partial charge in [-0.2, -0.15) is 0 Å². The van der Waals surface area contributed by atoms with E-state index in [1.54, 1.807) is 0 Å². The first-order valence-corrected chi connectivity index (χ1v) is 42.6. The maximum atomic E-state index is 2.43. The molecular weight excluding hydrogens is 1340 g/mol. The number of aryl methyl sites for hydroxylation is 11. The molecule has 0 radical (unpaired) electrons. The Kier molecular flexibility index (Phi) is 29.1. The molecule has 0 amide bonds. The SMILES string of the molecule is CCc1cc(CC)c(C)c(-c2c3ccc(C(C(C)C)C(C)C)cc3cc[n+]2C)c1.CCc1ccc(C)c(-c2c3ccc(C(C(C)C)C(C)C)cc3cc[n+]2C)c1.Cc1cc(C)c(C)c(-c2c3ccc(C(C(C)C)C(C)C)cc3cc[n+]2C)c1.Cc1ccc(C(C)C)cc1-c1c2ccc(C(C(C)C)C(C)C)cc2cc[n+]1C. The van der Waals surface area contributed by atoms with Gasteiger partial charge < -0.3 is 0 Å². The monoisotopic (exact) mass is 1480 g/mol. The molecule has 0 fully saturated rings. The molecule has 0 atom stereocenters. The lowest BCUT2D eigenvalue weighted by Crippen LogP contribution is -2.31. The van der Waals surface area contributed by atoms with E-state index in [2.05, 4.69) is 416 Å². The molecule has 0 saturated heterocycles. The van der Waals surface area contributed by atoms with Gasteiger partial charge in [-0.15, -0.1) is 0 Å². The van der Waals surface area contributed by atoms with E-state index in [4.69, 9.17) is 0 Å². The molecule has 4 aromatic heterocycles. The molecule has 0 aliphatic rings. The Balaban J connectivity index is 0.000000170. The minimum absolute atomic E-state index is 0.532. The molecule has 4 heterocycles. The minimum atomic E-state index is 0.532. The van der Waals surface area contributed by atoms with Crippen molar-refractivity contribution in [3.8, 4) is 45.0 Å². The number of fused-ring (bicyclic) bond motifs is 4. The summed E-state index contributed by atoms with van der Waals surface area (Å²) in [6, 6.07) is 60.8. The van der Waals surface area contributed by atoms with E-state index in [1.807, 2.05) is 0 Å². The van der Waals surface area contributed by atoms with Crippen LogP contribution in [0.5, 0.6) is 0 Å². The van der Waals surface area contributed by atoms with Crippen molar-refractivity contribution in [2.24, 2.45) is 75.5 Å². The van der Waals surface area contributed by atoms with Crippen molar-refractivity contribution in [2.75, 3.05) is 0 Å². The van der Waals surface area contributed by atoms with Gasteiger partial charge in [0.1, 0.15) is 28.2 Å². The number of nitrogens with zero attached hydrogens (tertiary/aromatic N) is 4. The van der Waals surface area contributed by atoms with Gasteiger partial charge in [0, 0.05) is 35.4 Å². The van der Waals surface area contributed by atoms with Crippen LogP contribution in [0.2, 0.25) is 0 Å². The highest BCUT2D eigenvalue weighted by molar-refractivity contribution is 5.97. The van der Waals surface area contributed by atoms with Crippen LogP contribution in [0.4, 0.5) is 0 Å². The fraction of sp³-hybridized carbons (Fsp3) is 0.439. The molecule has 12 aromatic rings. The summed E-state index contributed by atoms with van der Waals surface area (Å²) in [6.45, 7) is 62.1.